The zero-order valence-corrected chi connectivity index (χ0v) is 15.7. The van der Waals surface area contributed by atoms with Crippen molar-refractivity contribution < 1.29 is 14.3 Å². The lowest BCUT2D eigenvalue weighted by Gasteiger charge is -2.38. The Bertz CT molecular complexity index is 625. The highest BCUT2D eigenvalue weighted by molar-refractivity contribution is 7.10. The summed E-state index contributed by atoms with van der Waals surface area (Å²) in [6.07, 6.45) is 3.53. The van der Waals surface area contributed by atoms with Crippen LogP contribution in [0, 0.1) is 16.7 Å². The highest BCUT2D eigenvalue weighted by Gasteiger charge is 2.62. The van der Waals surface area contributed by atoms with E-state index in [0.717, 1.165) is 17.7 Å². The first-order valence-corrected chi connectivity index (χ1v) is 9.62. The Morgan fingerprint density at radius 2 is 2.17 bits per heavy atom. The minimum absolute atomic E-state index is 0.0000591. The summed E-state index contributed by atoms with van der Waals surface area (Å²) in [4.78, 5) is 25.0. The molecule has 0 radical (unpaired) electrons. The highest BCUT2D eigenvalue weighted by Crippen LogP contribution is 2.66. The van der Waals surface area contributed by atoms with E-state index in [2.05, 4.69) is 26.1 Å². The molecule has 4 atom stereocenters. The molecule has 2 aliphatic rings. The zero-order valence-electron chi connectivity index (χ0n) is 14.9. The first-order valence-electron chi connectivity index (χ1n) is 8.74. The van der Waals surface area contributed by atoms with Gasteiger partial charge < -0.3 is 10.1 Å². The molecule has 0 aliphatic heterocycles. The van der Waals surface area contributed by atoms with E-state index >= 15 is 0 Å². The number of thiophene rings is 1. The quantitative estimate of drug-likeness (QED) is 0.815. The summed E-state index contributed by atoms with van der Waals surface area (Å²) in [5.41, 5.74) is 0.294. The van der Waals surface area contributed by atoms with Crippen LogP contribution < -0.4 is 5.32 Å². The number of hydrogen-bond acceptors (Lipinski definition) is 4. The SMILES string of the molecule is CC(=O)NC(CC(=O)OC1CC2CCC1(C)C2(C)C)c1cccs1. The molecule has 2 fully saturated rings. The molecule has 4 unspecified atom stereocenters. The molecule has 2 saturated carbocycles. The second-order valence-electron chi connectivity index (χ2n) is 8.06. The van der Waals surface area contributed by atoms with Gasteiger partial charge >= 0.3 is 5.97 Å². The number of fused-ring (bicyclic) bond motifs is 2. The average Bonchev–Trinajstić information content (AvgIpc) is 3.12. The van der Waals surface area contributed by atoms with E-state index in [0.29, 0.717) is 5.92 Å². The fourth-order valence-electron chi connectivity index (χ4n) is 4.64. The van der Waals surface area contributed by atoms with Gasteiger partial charge in [-0.25, -0.2) is 0 Å². The van der Waals surface area contributed by atoms with Crippen LogP contribution in [0.2, 0.25) is 0 Å². The van der Waals surface area contributed by atoms with Gasteiger partial charge in [-0.2, -0.15) is 0 Å². The molecule has 1 N–H and O–H groups in total. The number of ether oxygens (including phenoxy) is 1. The van der Waals surface area contributed by atoms with E-state index in [1.165, 1.54) is 13.3 Å². The number of carbonyl (C=O) groups excluding carboxylic acids is 2. The van der Waals surface area contributed by atoms with Gasteiger partial charge in [-0.15, -0.1) is 11.3 Å². The van der Waals surface area contributed by atoms with Crippen LogP contribution in [0.4, 0.5) is 0 Å². The molecule has 132 valence electrons. The van der Waals surface area contributed by atoms with Crippen molar-refractivity contribution >= 4 is 23.2 Å². The molecule has 0 aromatic carbocycles. The lowest BCUT2D eigenvalue weighted by Crippen LogP contribution is -2.39. The molecule has 5 heteroatoms. The number of rotatable bonds is 5. The molecule has 1 aromatic rings. The highest BCUT2D eigenvalue weighted by atomic mass is 32.1. The minimum Gasteiger partial charge on any atom is -0.462 e. The third kappa shape index (κ3) is 2.87. The van der Waals surface area contributed by atoms with Crippen molar-refractivity contribution in [3.63, 3.8) is 0 Å². The number of esters is 1. The summed E-state index contributed by atoms with van der Waals surface area (Å²) in [6.45, 7) is 8.36. The van der Waals surface area contributed by atoms with Crippen molar-refractivity contribution in [2.75, 3.05) is 0 Å². The molecule has 3 rings (SSSR count). The van der Waals surface area contributed by atoms with E-state index in [1.807, 2.05) is 17.5 Å². The maximum Gasteiger partial charge on any atom is 0.308 e. The van der Waals surface area contributed by atoms with Gasteiger partial charge in [0.25, 0.3) is 0 Å². The molecule has 2 bridgehead atoms. The van der Waals surface area contributed by atoms with Crippen LogP contribution in [0.3, 0.4) is 0 Å². The molecular weight excluding hydrogens is 322 g/mol. The van der Waals surface area contributed by atoms with E-state index in [1.54, 1.807) is 11.3 Å². The maximum atomic E-state index is 12.5. The topological polar surface area (TPSA) is 55.4 Å². The van der Waals surface area contributed by atoms with E-state index < -0.39 is 0 Å². The zero-order chi connectivity index (χ0) is 17.5. The Kier molecular flexibility index (Phi) is 4.49. The fourth-order valence-corrected chi connectivity index (χ4v) is 5.42. The van der Waals surface area contributed by atoms with Crippen LogP contribution in [0.5, 0.6) is 0 Å². The Morgan fingerprint density at radius 3 is 2.67 bits per heavy atom. The lowest BCUT2D eigenvalue weighted by atomic mass is 9.70. The number of amides is 1. The second-order valence-corrected chi connectivity index (χ2v) is 9.04. The molecule has 24 heavy (non-hydrogen) atoms. The summed E-state index contributed by atoms with van der Waals surface area (Å²) in [5.74, 6) is 0.301. The molecule has 4 nitrogen and oxygen atoms in total. The minimum atomic E-state index is -0.297. The number of hydrogen-bond donors (Lipinski definition) is 1. The van der Waals surface area contributed by atoms with Crippen LogP contribution >= 0.6 is 11.3 Å². The number of nitrogens with one attached hydrogen (secondary N) is 1. The molecule has 0 spiro atoms. The van der Waals surface area contributed by atoms with Crippen molar-refractivity contribution in [2.24, 2.45) is 16.7 Å². The van der Waals surface area contributed by atoms with Gasteiger partial charge in [-0.3, -0.25) is 9.59 Å². The Hall–Kier alpha value is -1.36. The van der Waals surface area contributed by atoms with E-state index in [9.17, 15) is 9.59 Å². The Morgan fingerprint density at radius 1 is 1.42 bits per heavy atom. The van der Waals surface area contributed by atoms with Gasteiger partial charge in [0.15, 0.2) is 0 Å². The van der Waals surface area contributed by atoms with Crippen LogP contribution in [0.25, 0.3) is 0 Å². The van der Waals surface area contributed by atoms with Gasteiger partial charge in [-0.1, -0.05) is 26.8 Å². The predicted octanol–water partition coefficient (Wildman–Crippen LogP) is 4.07. The third-order valence-corrected chi connectivity index (χ3v) is 7.61. The Labute approximate surface area is 148 Å². The van der Waals surface area contributed by atoms with Crippen LogP contribution in [-0.4, -0.2) is 18.0 Å². The van der Waals surface area contributed by atoms with Gasteiger partial charge in [0.1, 0.15) is 6.10 Å². The normalized spacial score (nSPS) is 31.7. The van der Waals surface area contributed by atoms with Gasteiger partial charge in [-0.05, 0) is 42.0 Å². The van der Waals surface area contributed by atoms with Crippen molar-refractivity contribution in [1.29, 1.82) is 0 Å². The van der Waals surface area contributed by atoms with Crippen LogP contribution in [-0.2, 0) is 14.3 Å². The smallest absolute Gasteiger partial charge is 0.308 e. The summed E-state index contributed by atoms with van der Waals surface area (Å²) < 4.78 is 5.91. The standard InChI is InChI=1S/C19H27NO3S/c1-12(21)20-14(15-6-5-9-24-15)11-17(22)23-16-10-13-7-8-19(16,4)18(13,2)3/h5-6,9,13-14,16H,7-8,10-11H2,1-4H3,(H,20,21). The van der Waals surface area contributed by atoms with Gasteiger partial charge in [0.2, 0.25) is 5.91 Å². The summed E-state index contributed by atoms with van der Waals surface area (Å²) in [6, 6.07) is 3.58. The molecular formula is C19H27NO3S. The van der Waals surface area contributed by atoms with Gasteiger partial charge in [0, 0.05) is 17.2 Å². The monoisotopic (exact) mass is 349 g/mol. The largest absolute Gasteiger partial charge is 0.462 e. The maximum absolute atomic E-state index is 12.5. The summed E-state index contributed by atoms with van der Waals surface area (Å²) in [5, 5.41) is 4.82. The van der Waals surface area contributed by atoms with Gasteiger partial charge in [0.05, 0.1) is 12.5 Å². The van der Waals surface area contributed by atoms with Crippen LogP contribution in [0.1, 0.15) is 64.3 Å². The third-order valence-electron chi connectivity index (χ3n) is 6.62. The number of carbonyl (C=O) groups is 2. The van der Waals surface area contributed by atoms with Crippen LogP contribution in [0.15, 0.2) is 17.5 Å². The van der Waals surface area contributed by atoms with Crippen molar-refractivity contribution in [3.05, 3.63) is 22.4 Å². The fraction of sp³-hybridized carbons (Fsp3) is 0.684. The van der Waals surface area contributed by atoms with E-state index in [-0.39, 0.29) is 41.3 Å². The van der Waals surface area contributed by atoms with E-state index in [4.69, 9.17) is 4.74 Å². The van der Waals surface area contributed by atoms with Crippen molar-refractivity contribution in [2.45, 2.75) is 65.5 Å². The Balaban J connectivity index is 1.66. The second kappa shape index (κ2) is 6.17. The molecule has 1 aromatic heterocycles. The van der Waals surface area contributed by atoms with Crippen molar-refractivity contribution in [3.8, 4) is 0 Å². The first kappa shape index (κ1) is 17.5. The average molecular weight is 349 g/mol. The molecule has 0 saturated heterocycles. The first-order chi connectivity index (χ1) is 11.2. The summed E-state index contributed by atoms with van der Waals surface area (Å²) in [7, 11) is 0. The summed E-state index contributed by atoms with van der Waals surface area (Å²) >= 11 is 1.55. The molecule has 1 amide bonds. The lowest BCUT2D eigenvalue weighted by molar-refractivity contribution is -0.157. The molecule has 1 heterocycles. The molecule has 2 aliphatic carbocycles. The predicted molar refractivity (Wildman–Crippen MR) is 94.6 cm³/mol. The van der Waals surface area contributed by atoms with Crippen molar-refractivity contribution in [1.82, 2.24) is 5.32 Å².